The van der Waals surface area contributed by atoms with Crippen molar-refractivity contribution >= 4 is 65.5 Å². The molecular weight excluding hydrogens is 613 g/mol. The van der Waals surface area contributed by atoms with Crippen LogP contribution in [0.25, 0.3) is 42.4 Å². The number of fused-ring (bicyclic) bond motifs is 4. The summed E-state index contributed by atoms with van der Waals surface area (Å²) in [5.41, 5.74) is 2.22. The Hall–Kier alpha value is -3.77. The fourth-order valence-electron chi connectivity index (χ4n) is 6.01. The van der Waals surface area contributed by atoms with E-state index in [4.69, 9.17) is 9.47 Å². The molecule has 0 aliphatic carbocycles. The quantitative estimate of drug-likeness (QED) is 0.126. The number of rotatable bonds is 7. The van der Waals surface area contributed by atoms with Crippen molar-refractivity contribution in [2.75, 3.05) is 13.2 Å². The third kappa shape index (κ3) is 7.23. The van der Waals surface area contributed by atoms with Gasteiger partial charge in [-0.2, -0.15) is 0 Å². The summed E-state index contributed by atoms with van der Waals surface area (Å²) in [6, 6.07) is 29.0. The molecule has 0 saturated carbocycles. The van der Waals surface area contributed by atoms with Gasteiger partial charge in [0.2, 0.25) is 0 Å². The van der Waals surface area contributed by atoms with Crippen LogP contribution in [0.1, 0.15) is 78.0 Å². The zero-order valence-electron chi connectivity index (χ0n) is 28.6. The Morgan fingerprint density at radius 1 is 0.660 bits per heavy atom. The highest BCUT2D eigenvalue weighted by Gasteiger charge is 2.19. The van der Waals surface area contributed by atoms with Gasteiger partial charge in [-0.25, -0.2) is 0 Å². The van der Waals surface area contributed by atoms with Gasteiger partial charge in [0.25, 0.3) is 0 Å². The van der Waals surface area contributed by atoms with E-state index in [1.165, 1.54) is 35.5 Å². The zero-order chi connectivity index (χ0) is 33.3. The van der Waals surface area contributed by atoms with Crippen molar-refractivity contribution in [1.29, 1.82) is 0 Å². The third-order valence-electron chi connectivity index (χ3n) is 8.33. The third-order valence-corrected chi connectivity index (χ3v) is 10.5. The molecule has 0 aliphatic heterocycles. The molecule has 0 fully saturated rings. The van der Waals surface area contributed by atoms with Crippen LogP contribution in [0, 0.1) is 23.7 Å². The van der Waals surface area contributed by atoms with Crippen molar-refractivity contribution in [3.8, 4) is 23.7 Å². The van der Waals surface area contributed by atoms with Crippen molar-refractivity contribution in [3.63, 3.8) is 0 Å². The van der Waals surface area contributed by atoms with E-state index in [2.05, 4.69) is 116 Å². The van der Waals surface area contributed by atoms with Crippen molar-refractivity contribution in [1.82, 2.24) is 0 Å². The number of thiophene rings is 1. The number of hydrogen-bond acceptors (Lipinski definition) is 4. The normalized spacial score (nSPS) is 12.1. The first-order valence-electron chi connectivity index (χ1n) is 16.4. The molecule has 47 heavy (non-hydrogen) atoms. The van der Waals surface area contributed by atoms with Crippen LogP contribution in [-0.4, -0.2) is 24.4 Å². The standard InChI is InChI=1S/C43H42O2S2/c1-9-44-42(5,6)20-18-34-36-23-30-14-11-12-15-31(30)24-37(36)35(19-21-43(7,8)45-10-2)39-27-40-32(25-38(34)39)26-41(47-40)46-33-17-13-16-29(22-33)28(3)4/h11-17,22-28H,9-10H2,1-8H3. The van der Waals surface area contributed by atoms with E-state index in [-0.39, 0.29) is 0 Å². The van der Waals surface area contributed by atoms with Crippen LogP contribution in [0.15, 0.2) is 88.0 Å². The van der Waals surface area contributed by atoms with Gasteiger partial charge in [-0.1, -0.05) is 85.7 Å². The molecule has 0 N–H and O–H groups in total. The average molecular weight is 655 g/mol. The van der Waals surface area contributed by atoms with Crippen molar-refractivity contribution in [2.24, 2.45) is 0 Å². The first kappa shape index (κ1) is 33.1. The van der Waals surface area contributed by atoms with Gasteiger partial charge in [-0.15, -0.1) is 11.3 Å². The molecule has 5 aromatic carbocycles. The summed E-state index contributed by atoms with van der Waals surface area (Å²) >= 11 is 3.67. The monoisotopic (exact) mass is 654 g/mol. The molecule has 0 aliphatic rings. The van der Waals surface area contributed by atoms with Gasteiger partial charge in [0.05, 0.1) is 4.21 Å². The Balaban J connectivity index is 1.66. The van der Waals surface area contributed by atoms with E-state index in [0.717, 1.165) is 32.7 Å². The van der Waals surface area contributed by atoms with Gasteiger partial charge < -0.3 is 9.47 Å². The SMILES string of the molecule is CCOC(C)(C)C#Cc1c2cc3ccccc3cc2c(C#CC(C)(C)OCC)c2cc3sc(Sc4cccc(C(C)C)c4)cc3cc12. The van der Waals surface area contributed by atoms with E-state index >= 15 is 0 Å². The molecule has 0 amide bonds. The summed E-state index contributed by atoms with van der Waals surface area (Å²) in [5.74, 6) is 14.7. The molecule has 6 aromatic rings. The van der Waals surface area contributed by atoms with Gasteiger partial charge in [0.1, 0.15) is 11.2 Å². The number of hydrogen-bond donors (Lipinski definition) is 0. The molecule has 1 heterocycles. The van der Waals surface area contributed by atoms with E-state index in [1.54, 1.807) is 0 Å². The zero-order valence-corrected chi connectivity index (χ0v) is 30.3. The molecule has 0 spiro atoms. The maximum absolute atomic E-state index is 6.01. The second-order valence-corrected chi connectivity index (χ2v) is 15.7. The summed E-state index contributed by atoms with van der Waals surface area (Å²) in [5, 5.41) is 7.99. The molecule has 6 rings (SSSR count). The molecular formula is C43H42O2S2. The molecule has 4 heteroatoms. The summed E-state index contributed by atoms with van der Waals surface area (Å²) in [6.45, 7) is 17.9. The molecule has 0 atom stereocenters. The smallest absolute Gasteiger partial charge is 0.123 e. The Morgan fingerprint density at radius 3 is 1.72 bits per heavy atom. The molecule has 0 unspecified atom stereocenters. The lowest BCUT2D eigenvalue weighted by atomic mass is 9.89. The summed E-state index contributed by atoms with van der Waals surface area (Å²) < 4.78 is 14.5. The van der Waals surface area contributed by atoms with Crippen LogP contribution in [0.5, 0.6) is 0 Å². The lowest BCUT2D eigenvalue weighted by molar-refractivity contribution is 0.0359. The van der Waals surface area contributed by atoms with E-state index in [9.17, 15) is 0 Å². The Labute approximate surface area is 287 Å². The summed E-state index contributed by atoms with van der Waals surface area (Å²) in [7, 11) is 0. The van der Waals surface area contributed by atoms with Crippen LogP contribution in [0.4, 0.5) is 0 Å². The van der Waals surface area contributed by atoms with E-state index in [0.29, 0.717) is 19.1 Å². The average Bonchev–Trinajstić information content (AvgIpc) is 3.42. The van der Waals surface area contributed by atoms with E-state index < -0.39 is 11.2 Å². The second kappa shape index (κ2) is 13.4. The lowest BCUT2D eigenvalue weighted by Crippen LogP contribution is -2.21. The maximum Gasteiger partial charge on any atom is 0.123 e. The van der Waals surface area contributed by atoms with Gasteiger partial charge >= 0.3 is 0 Å². The first-order valence-corrected chi connectivity index (χ1v) is 18.1. The fourth-order valence-corrected chi connectivity index (χ4v) is 8.31. The fraction of sp³-hybridized carbons (Fsp3) is 0.302. The topological polar surface area (TPSA) is 18.5 Å². The molecule has 2 nitrogen and oxygen atoms in total. The largest absolute Gasteiger partial charge is 0.363 e. The molecule has 0 bridgehead atoms. The van der Waals surface area contributed by atoms with Crippen LogP contribution < -0.4 is 0 Å². The number of ether oxygens (including phenoxy) is 2. The Bertz CT molecular complexity index is 2120. The highest BCUT2D eigenvalue weighted by atomic mass is 32.2. The lowest BCUT2D eigenvalue weighted by Gasteiger charge is -2.18. The first-order chi connectivity index (χ1) is 22.5. The van der Waals surface area contributed by atoms with Crippen molar-refractivity contribution < 1.29 is 9.47 Å². The van der Waals surface area contributed by atoms with Gasteiger partial charge in [0.15, 0.2) is 0 Å². The summed E-state index contributed by atoms with van der Waals surface area (Å²) in [4.78, 5) is 1.26. The number of benzene rings is 5. The second-order valence-electron chi connectivity index (χ2n) is 13.2. The minimum Gasteiger partial charge on any atom is -0.363 e. The van der Waals surface area contributed by atoms with Crippen LogP contribution >= 0.6 is 23.1 Å². The minimum absolute atomic E-state index is 0.494. The van der Waals surface area contributed by atoms with Crippen molar-refractivity contribution in [2.45, 2.75) is 81.6 Å². The van der Waals surface area contributed by atoms with Crippen LogP contribution in [0.2, 0.25) is 0 Å². The summed E-state index contributed by atoms with van der Waals surface area (Å²) in [6.07, 6.45) is 0. The minimum atomic E-state index is -0.578. The highest BCUT2D eigenvalue weighted by Crippen LogP contribution is 2.42. The Kier molecular flexibility index (Phi) is 9.44. The molecule has 238 valence electrons. The van der Waals surface area contributed by atoms with Gasteiger partial charge in [-0.05, 0) is 128 Å². The molecule has 0 saturated heterocycles. The van der Waals surface area contributed by atoms with Crippen LogP contribution in [0.3, 0.4) is 0 Å². The van der Waals surface area contributed by atoms with Gasteiger partial charge in [0, 0.05) is 39.3 Å². The predicted octanol–water partition coefficient (Wildman–Crippen LogP) is 12.0. The Morgan fingerprint density at radius 2 is 1.19 bits per heavy atom. The van der Waals surface area contributed by atoms with Gasteiger partial charge in [-0.3, -0.25) is 0 Å². The molecule has 1 aromatic heterocycles. The van der Waals surface area contributed by atoms with E-state index in [1.807, 2.05) is 64.6 Å². The van der Waals surface area contributed by atoms with Crippen molar-refractivity contribution in [3.05, 3.63) is 95.6 Å². The predicted molar refractivity (Wildman–Crippen MR) is 204 cm³/mol. The highest BCUT2D eigenvalue weighted by molar-refractivity contribution is 8.01. The van der Waals surface area contributed by atoms with Crippen LogP contribution in [-0.2, 0) is 9.47 Å². The molecule has 0 radical (unpaired) electrons. The maximum atomic E-state index is 6.01.